The molecule has 0 saturated carbocycles. The number of hydrogen-bond acceptors (Lipinski definition) is 2. The zero-order chi connectivity index (χ0) is 15.2. The smallest absolute Gasteiger partial charge is 0.256 e. The summed E-state index contributed by atoms with van der Waals surface area (Å²) in [4.78, 5) is 12.3. The minimum absolute atomic E-state index is 0.164. The molecule has 0 bridgehead atoms. The highest BCUT2D eigenvalue weighted by atomic mass is 127. The second-order valence-corrected chi connectivity index (χ2v) is 6.20. The number of hydrogen-bond donors (Lipinski definition) is 2. The van der Waals surface area contributed by atoms with Gasteiger partial charge in [0.25, 0.3) is 5.91 Å². The van der Waals surface area contributed by atoms with Gasteiger partial charge in [-0.1, -0.05) is 23.7 Å². The average Bonchev–Trinajstić information content (AvgIpc) is 2.48. The molecule has 5 heteroatoms. The maximum Gasteiger partial charge on any atom is 0.256 e. The van der Waals surface area contributed by atoms with E-state index in [1.165, 1.54) is 0 Å². The van der Waals surface area contributed by atoms with Crippen molar-refractivity contribution in [2.45, 2.75) is 12.8 Å². The molecule has 2 rings (SSSR count). The van der Waals surface area contributed by atoms with Crippen molar-refractivity contribution in [3.8, 4) is 0 Å². The molecule has 110 valence electrons. The highest BCUT2D eigenvalue weighted by Gasteiger charge is 2.11. The summed E-state index contributed by atoms with van der Waals surface area (Å²) >= 11 is 8.05. The van der Waals surface area contributed by atoms with Crippen molar-refractivity contribution >= 4 is 45.8 Å². The van der Waals surface area contributed by atoms with Crippen LogP contribution in [0.4, 0.5) is 5.69 Å². The van der Waals surface area contributed by atoms with Gasteiger partial charge in [-0.2, -0.15) is 0 Å². The van der Waals surface area contributed by atoms with E-state index in [0.29, 0.717) is 17.0 Å². The van der Waals surface area contributed by atoms with Gasteiger partial charge in [-0.15, -0.1) is 0 Å². The molecule has 21 heavy (non-hydrogen) atoms. The summed E-state index contributed by atoms with van der Waals surface area (Å²) in [6.45, 7) is 0.164. The fourth-order valence-electron chi connectivity index (χ4n) is 1.96. The number of halogens is 2. The second-order valence-electron chi connectivity index (χ2n) is 4.61. The summed E-state index contributed by atoms with van der Waals surface area (Å²) in [5.74, 6) is -0.179. The maximum absolute atomic E-state index is 12.3. The number of anilines is 1. The number of benzene rings is 2. The van der Waals surface area contributed by atoms with E-state index in [1.54, 1.807) is 12.1 Å². The molecule has 0 fully saturated rings. The van der Waals surface area contributed by atoms with Crippen LogP contribution < -0.4 is 5.32 Å². The van der Waals surface area contributed by atoms with Crippen LogP contribution in [0.5, 0.6) is 0 Å². The lowest BCUT2D eigenvalue weighted by Gasteiger charge is -2.09. The van der Waals surface area contributed by atoms with E-state index in [-0.39, 0.29) is 12.5 Å². The van der Waals surface area contributed by atoms with Gasteiger partial charge >= 0.3 is 0 Å². The lowest BCUT2D eigenvalue weighted by molar-refractivity contribution is 0.102. The summed E-state index contributed by atoms with van der Waals surface area (Å²) < 4.78 is 0.853. The van der Waals surface area contributed by atoms with Gasteiger partial charge in [0.2, 0.25) is 0 Å². The van der Waals surface area contributed by atoms with E-state index < -0.39 is 0 Å². The first-order valence-corrected chi connectivity index (χ1v) is 8.02. The molecular formula is C16H15ClINO2. The van der Waals surface area contributed by atoms with Crippen LogP contribution in [0.2, 0.25) is 5.02 Å². The molecular weight excluding hydrogens is 401 g/mol. The Hall–Kier alpha value is -1.11. The first-order valence-electron chi connectivity index (χ1n) is 6.56. The largest absolute Gasteiger partial charge is 0.396 e. The zero-order valence-electron chi connectivity index (χ0n) is 11.3. The summed E-state index contributed by atoms with van der Waals surface area (Å²) in [7, 11) is 0. The first kappa shape index (κ1) is 16.3. The van der Waals surface area contributed by atoms with Crippen LogP contribution in [-0.2, 0) is 6.42 Å². The number of carbonyl (C=O) groups is 1. The van der Waals surface area contributed by atoms with Gasteiger partial charge in [-0.3, -0.25) is 4.79 Å². The van der Waals surface area contributed by atoms with Crippen LogP contribution in [0.25, 0.3) is 0 Å². The monoisotopic (exact) mass is 415 g/mol. The Kier molecular flexibility index (Phi) is 6.02. The Bertz CT molecular complexity index is 646. The molecule has 0 saturated heterocycles. The number of aryl methyl sites for hydroxylation is 1. The minimum atomic E-state index is -0.179. The minimum Gasteiger partial charge on any atom is -0.396 e. The molecule has 0 atom stereocenters. The molecule has 0 aliphatic heterocycles. The molecule has 0 spiro atoms. The van der Waals surface area contributed by atoms with Crippen molar-refractivity contribution in [1.82, 2.24) is 0 Å². The van der Waals surface area contributed by atoms with Crippen LogP contribution in [0, 0.1) is 3.57 Å². The van der Waals surface area contributed by atoms with Crippen LogP contribution >= 0.6 is 34.2 Å². The standard InChI is InChI=1S/C16H15ClINO2/c17-12-6-7-15(18)14(10-12)16(21)19-13-5-1-3-11(9-13)4-2-8-20/h1,3,5-7,9-10,20H,2,4,8H2,(H,19,21). The summed E-state index contributed by atoms with van der Waals surface area (Å²) in [5, 5.41) is 12.3. The molecule has 1 amide bonds. The third-order valence-electron chi connectivity index (χ3n) is 2.98. The van der Waals surface area contributed by atoms with Crippen molar-refractivity contribution in [1.29, 1.82) is 0 Å². The molecule has 2 aromatic rings. The topological polar surface area (TPSA) is 49.3 Å². The third-order valence-corrected chi connectivity index (χ3v) is 4.16. The lowest BCUT2D eigenvalue weighted by Crippen LogP contribution is -2.13. The Labute approximate surface area is 142 Å². The highest BCUT2D eigenvalue weighted by molar-refractivity contribution is 14.1. The van der Waals surface area contributed by atoms with Crippen molar-refractivity contribution < 1.29 is 9.90 Å². The fourth-order valence-corrected chi connectivity index (χ4v) is 2.71. The van der Waals surface area contributed by atoms with Gasteiger partial charge in [0.05, 0.1) is 5.56 Å². The van der Waals surface area contributed by atoms with Crippen molar-refractivity contribution in [2.75, 3.05) is 11.9 Å². The van der Waals surface area contributed by atoms with Crippen LogP contribution in [0.15, 0.2) is 42.5 Å². The molecule has 2 N–H and O–H groups in total. The van der Waals surface area contributed by atoms with E-state index in [4.69, 9.17) is 16.7 Å². The van der Waals surface area contributed by atoms with E-state index in [9.17, 15) is 4.79 Å². The molecule has 0 aliphatic carbocycles. The molecule has 0 unspecified atom stereocenters. The molecule has 3 nitrogen and oxygen atoms in total. The van der Waals surface area contributed by atoms with Gasteiger partial charge in [-0.05, 0) is 71.3 Å². The van der Waals surface area contributed by atoms with Crippen molar-refractivity contribution in [2.24, 2.45) is 0 Å². The number of carbonyl (C=O) groups excluding carboxylic acids is 1. The lowest BCUT2D eigenvalue weighted by atomic mass is 10.1. The maximum atomic E-state index is 12.3. The summed E-state index contributed by atoms with van der Waals surface area (Å²) in [5.41, 5.74) is 2.39. The SMILES string of the molecule is O=C(Nc1cccc(CCCO)c1)c1cc(Cl)ccc1I. The van der Waals surface area contributed by atoms with E-state index >= 15 is 0 Å². The van der Waals surface area contributed by atoms with Gasteiger partial charge in [0, 0.05) is 20.9 Å². The average molecular weight is 416 g/mol. The highest BCUT2D eigenvalue weighted by Crippen LogP contribution is 2.20. The number of aliphatic hydroxyl groups is 1. The molecule has 0 aromatic heterocycles. The third kappa shape index (κ3) is 4.69. The van der Waals surface area contributed by atoms with Crippen molar-refractivity contribution in [3.05, 3.63) is 62.2 Å². The van der Waals surface area contributed by atoms with Gasteiger partial charge < -0.3 is 10.4 Å². The van der Waals surface area contributed by atoms with Crippen LogP contribution in [0.3, 0.4) is 0 Å². The molecule has 0 aliphatic rings. The van der Waals surface area contributed by atoms with E-state index in [1.807, 2.05) is 30.3 Å². The zero-order valence-corrected chi connectivity index (χ0v) is 14.2. The Balaban J connectivity index is 2.14. The van der Waals surface area contributed by atoms with Crippen molar-refractivity contribution in [3.63, 3.8) is 0 Å². The first-order chi connectivity index (χ1) is 10.1. The second kappa shape index (κ2) is 7.77. The van der Waals surface area contributed by atoms with E-state index in [2.05, 4.69) is 27.9 Å². The normalized spacial score (nSPS) is 10.4. The van der Waals surface area contributed by atoms with Gasteiger partial charge in [0.15, 0.2) is 0 Å². The predicted molar refractivity (Wildman–Crippen MR) is 94.0 cm³/mol. The number of rotatable bonds is 5. The predicted octanol–water partition coefficient (Wildman–Crippen LogP) is 4.12. The Morgan fingerprint density at radius 3 is 2.81 bits per heavy atom. The molecule has 0 heterocycles. The van der Waals surface area contributed by atoms with Crippen LogP contribution in [0.1, 0.15) is 22.3 Å². The number of amides is 1. The number of aliphatic hydroxyl groups excluding tert-OH is 1. The summed E-state index contributed by atoms with van der Waals surface area (Å²) in [6.07, 6.45) is 1.50. The Morgan fingerprint density at radius 1 is 1.24 bits per heavy atom. The fraction of sp³-hybridized carbons (Fsp3) is 0.188. The Morgan fingerprint density at radius 2 is 2.05 bits per heavy atom. The summed E-state index contributed by atoms with van der Waals surface area (Å²) in [6, 6.07) is 12.9. The molecule has 2 aromatic carbocycles. The van der Waals surface area contributed by atoms with Gasteiger partial charge in [-0.25, -0.2) is 0 Å². The quantitative estimate of drug-likeness (QED) is 0.722. The van der Waals surface area contributed by atoms with E-state index in [0.717, 1.165) is 21.2 Å². The van der Waals surface area contributed by atoms with Gasteiger partial charge in [0.1, 0.15) is 0 Å². The number of nitrogens with one attached hydrogen (secondary N) is 1. The van der Waals surface area contributed by atoms with Crippen LogP contribution in [-0.4, -0.2) is 17.6 Å². The molecule has 0 radical (unpaired) electrons.